The second-order valence-corrected chi connectivity index (χ2v) is 11.7. The molecule has 3 aromatic heterocycles. The van der Waals surface area contributed by atoms with Gasteiger partial charge in [0.2, 0.25) is 15.8 Å². The van der Waals surface area contributed by atoms with Gasteiger partial charge in [0.05, 0.1) is 40.4 Å². The first kappa shape index (κ1) is 24.3. The third-order valence-corrected chi connectivity index (χ3v) is 8.32. The number of hydrogen-bond donors (Lipinski definition) is 3. The van der Waals surface area contributed by atoms with Gasteiger partial charge in [-0.05, 0) is 48.9 Å². The Labute approximate surface area is 219 Å². The van der Waals surface area contributed by atoms with Crippen molar-refractivity contribution >= 4 is 43.6 Å². The number of nitrogens with zero attached hydrogens (tertiary/aromatic N) is 5. The van der Waals surface area contributed by atoms with Crippen LogP contribution in [-0.4, -0.2) is 80.6 Å². The highest BCUT2D eigenvalue weighted by atomic mass is 32.2. The number of nitrogens with one attached hydrogen (secondary N) is 2. The van der Waals surface area contributed by atoms with Crippen LogP contribution in [0.5, 0.6) is 0 Å². The molecular formula is C26H28N8O3S. The Balaban J connectivity index is 1.20. The number of H-pyrrole nitrogens is 2. The number of nitrogen functional groups attached to an aromatic ring is 1. The van der Waals surface area contributed by atoms with Gasteiger partial charge >= 0.3 is 0 Å². The Morgan fingerprint density at radius 2 is 1.79 bits per heavy atom. The molecule has 4 N–H and O–H groups in total. The van der Waals surface area contributed by atoms with Gasteiger partial charge in [-0.25, -0.2) is 18.1 Å². The first-order chi connectivity index (χ1) is 18.2. The van der Waals surface area contributed by atoms with Gasteiger partial charge in [-0.3, -0.25) is 9.69 Å². The van der Waals surface area contributed by atoms with Crippen LogP contribution in [0, 0.1) is 6.92 Å². The number of ketones is 1. The van der Waals surface area contributed by atoms with Crippen molar-refractivity contribution in [3.8, 4) is 5.69 Å². The van der Waals surface area contributed by atoms with Gasteiger partial charge in [0.15, 0.2) is 0 Å². The third kappa shape index (κ3) is 4.46. The summed E-state index contributed by atoms with van der Waals surface area (Å²) in [5.41, 5.74) is 11.5. The molecule has 1 aliphatic heterocycles. The minimum Gasteiger partial charge on any atom is -0.383 e. The Hall–Kier alpha value is -4.00. The topological polar surface area (TPSA) is 146 Å². The summed E-state index contributed by atoms with van der Waals surface area (Å²) in [4.78, 5) is 26.5. The van der Waals surface area contributed by atoms with E-state index in [1.807, 2.05) is 43.3 Å². The van der Waals surface area contributed by atoms with Crippen LogP contribution in [0.2, 0.25) is 0 Å². The predicted octanol–water partition coefficient (Wildman–Crippen LogP) is 2.43. The Bertz CT molecular complexity index is 1790. The average Bonchev–Trinajstić information content (AvgIpc) is 3.58. The van der Waals surface area contributed by atoms with Gasteiger partial charge < -0.3 is 15.7 Å². The van der Waals surface area contributed by atoms with Crippen molar-refractivity contribution in [3.05, 3.63) is 71.3 Å². The van der Waals surface area contributed by atoms with Crippen LogP contribution in [0.4, 0.5) is 5.82 Å². The monoisotopic (exact) mass is 532 g/mol. The van der Waals surface area contributed by atoms with E-state index in [1.54, 1.807) is 4.68 Å². The number of aromatic amines is 2. The van der Waals surface area contributed by atoms with Crippen molar-refractivity contribution in [2.45, 2.75) is 13.5 Å². The number of fused-ring (bicyclic) bond motifs is 2. The Kier molecular flexibility index (Phi) is 5.82. The molecule has 0 unspecified atom stereocenters. The Morgan fingerprint density at radius 3 is 2.55 bits per heavy atom. The van der Waals surface area contributed by atoms with E-state index < -0.39 is 10.0 Å². The number of piperazine rings is 1. The van der Waals surface area contributed by atoms with Crippen LogP contribution in [0.25, 0.3) is 27.6 Å². The van der Waals surface area contributed by atoms with E-state index in [0.717, 1.165) is 39.0 Å². The number of carbonyl (C=O) groups is 1. The predicted molar refractivity (Wildman–Crippen MR) is 146 cm³/mol. The molecule has 0 bridgehead atoms. The Morgan fingerprint density at radius 1 is 1.03 bits per heavy atom. The molecule has 0 amide bonds. The van der Waals surface area contributed by atoms with Crippen molar-refractivity contribution in [1.82, 2.24) is 33.9 Å². The summed E-state index contributed by atoms with van der Waals surface area (Å²) in [7, 11) is -3.15. The maximum absolute atomic E-state index is 13.4. The van der Waals surface area contributed by atoms with E-state index in [-0.39, 0.29) is 11.6 Å². The fraction of sp³-hybridized carbons (Fsp3) is 0.269. The van der Waals surface area contributed by atoms with Gasteiger partial charge in [0, 0.05) is 43.6 Å². The van der Waals surface area contributed by atoms with Crippen LogP contribution in [0.1, 0.15) is 27.4 Å². The lowest BCUT2D eigenvalue weighted by Gasteiger charge is -2.33. The van der Waals surface area contributed by atoms with E-state index in [1.165, 1.54) is 16.8 Å². The number of aryl methyl sites for hydroxylation is 1. The first-order valence-electron chi connectivity index (χ1n) is 12.3. The van der Waals surface area contributed by atoms with E-state index in [2.05, 4.69) is 31.0 Å². The number of imidazole rings is 1. The lowest BCUT2D eigenvalue weighted by molar-refractivity contribution is 0.103. The molecule has 0 aliphatic carbocycles. The van der Waals surface area contributed by atoms with Gasteiger partial charge in [-0.2, -0.15) is 9.40 Å². The molecule has 0 atom stereocenters. The molecule has 5 aromatic rings. The summed E-state index contributed by atoms with van der Waals surface area (Å²) >= 11 is 0. The van der Waals surface area contributed by atoms with Gasteiger partial charge in [0.1, 0.15) is 11.6 Å². The standard InChI is InChI=1S/C26H28N8O3S/c1-16-29-22-6-4-19(13-23(22)30-16)34-26(27)20(14-28-34)25(35)24-12-18-11-17(3-5-21(18)31-24)15-32-7-9-33(10-8-32)38(2,36)37/h3-6,11-14,31H,7-10,15,27H2,1-2H3,(H,29,30). The SMILES string of the molecule is Cc1nc2cc(-n3ncc(C(=O)c4cc5cc(CN6CCN(S(C)(=O)=O)CC6)ccc5[nH]4)c3N)ccc2[nH]1. The van der Waals surface area contributed by atoms with E-state index in [0.29, 0.717) is 44.0 Å². The van der Waals surface area contributed by atoms with Gasteiger partial charge in [0.25, 0.3) is 0 Å². The third-order valence-electron chi connectivity index (χ3n) is 7.02. The molecule has 1 aliphatic rings. The van der Waals surface area contributed by atoms with E-state index >= 15 is 0 Å². The largest absolute Gasteiger partial charge is 0.383 e. The first-order valence-corrected chi connectivity index (χ1v) is 14.1. The highest BCUT2D eigenvalue weighted by molar-refractivity contribution is 7.88. The molecule has 0 saturated carbocycles. The van der Waals surface area contributed by atoms with Crippen LogP contribution < -0.4 is 5.73 Å². The van der Waals surface area contributed by atoms with Crippen LogP contribution in [-0.2, 0) is 16.6 Å². The normalized spacial score (nSPS) is 15.5. The van der Waals surface area contributed by atoms with Crippen LogP contribution in [0.3, 0.4) is 0 Å². The average molecular weight is 533 g/mol. The molecule has 6 rings (SSSR count). The quantitative estimate of drug-likeness (QED) is 0.285. The molecule has 12 heteroatoms. The molecule has 1 saturated heterocycles. The van der Waals surface area contributed by atoms with Crippen LogP contribution >= 0.6 is 0 Å². The number of rotatable bonds is 6. The molecule has 4 heterocycles. The maximum atomic E-state index is 13.4. The second kappa shape index (κ2) is 9.08. The van der Waals surface area contributed by atoms with E-state index in [9.17, 15) is 13.2 Å². The zero-order chi connectivity index (χ0) is 26.6. The van der Waals surface area contributed by atoms with Crippen molar-refractivity contribution in [2.75, 3.05) is 38.2 Å². The summed E-state index contributed by atoms with van der Waals surface area (Å²) < 4.78 is 26.6. The highest BCUT2D eigenvalue weighted by Gasteiger charge is 2.24. The molecule has 2 aromatic carbocycles. The lowest BCUT2D eigenvalue weighted by atomic mass is 10.1. The summed E-state index contributed by atoms with van der Waals surface area (Å²) in [6, 6.07) is 13.5. The van der Waals surface area contributed by atoms with Gasteiger partial charge in [-0.15, -0.1) is 0 Å². The fourth-order valence-electron chi connectivity index (χ4n) is 5.02. The zero-order valence-electron chi connectivity index (χ0n) is 21.1. The van der Waals surface area contributed by atoms with Crippen molar-refractivity contribution in [2.24, 2.45) is 0 Å². The van der Waals surface area contributed by atoms with Crippen molar-refractivity contribution in [3.63, 3.8) is 0 Å². The summed E-state index contributed by atoms with van der Waals surface area (Å²) in [6.45, 7) is 4.95. The molecule has 11 nitrogen and oxygen atoms in total. The fourth-order valence-corrected chi connectivity index (χ4v) is 5.84. The van der Waals surface area contributed by atoms with E-state index in [4.69, 9.17) is 5.73 Å². The summed E-state index contributed by atoms with van der Waals surface area (Å²) in [5, 5.41) is 5.29. The number of hydrogen-bond acceptors (Lipinski definition) is 7. The summed E-state index contributed by atoms with van der Waals surface area (Å²) in [5.74, 6) is 0.840. The molecule has 0 radical (unpaired) electrons. The number of benzene rings is 2. The minimum atomic E-state index is -3.15. The van der Waals surface area contributed by atoms with Crippen molar-refractivity contribution < 1.29 is 13.2 Å². The summed E-state index contributed by atoms with van der Waals surface area (Å²) in [6.07, 6.45) is 2.74. The maximum Gasteiger partial charge on any atom is 0.214 e. The number of anilines is 1. The minimum absolute atomic E-state index is 0.236. The van der Waals surface area contributed by atoms with Gasteiger partial charge in [-0.1, -0.05) is 6.07 Å². The lowest BCUT2D eigenvalue weighted by Crippen LogP contribution is -2.47. The molecule has 38 heavy (non-hydrogen) atoms. The zero-order valence-corrected chi connectivity index (χ0v) is 21.9. The molecule has 1 fully saturated rings. The smallest absolute Gasteiger partial charge is 0.214 e. The number of carbonyl (C=O) groups excluding carboxylic acids is 1. The second-order valence-electron chi connectivity index (χ2n) is 9.75. The van der Waals surface area contributed by atoms with Crippen LogP contribution in [0.15, 0.2) is 48.7 Å². The molecule has 196 valence electrons. The van der Waals surface area contributed by atoms with Crippen molar-refractivity contribution in [1.29, 1.82) is 0 Å². The molecule has 0 spiro atoms. The number of aromatic nitrogens is 5. The number of nitrogens with two attached hydrogens (primary N) is 1. The molecular weight excluding hydrogens is 504 g/mol. The highest BCUT2D eigenvalue weighted by Crippen LogP contribution is 2.25. The number of sulfonamides is 1.